The van der Waals surface area contributed by atoms with E-state index in [-0.39, 0.29) is 12.6 Å². The lowest BCUT2D eigenvalue weighted by molar-refractivity contribution is 0.0635. The van der Waals surface area contributed by atoms with Crippen molar-refractivity contribution in [3.8, 4) is 5.75 Å². The van der Waals surface area contributed by atoms with Gasteiger partial charge >= 0.3 is 12.1 Å². The maximum Gasteiger partial charge on any atom is 0.412 e. The van der Waals surface area contributed by atoms with Crippen molar-refractivity contribution in [2.45, 2.75) is 32.9 Å². The average molecular weight is 563 g/mol. The zero-order valence-corrected chi connectivity index (χ0v) is 24.4. The number of likely N-dealkylation sites (N-methyl/N-ethyl adjacent to an activating group) is 1. The minimum absolute atomic E-state index is 0.244. The molecule has 0 aliphatic rings. The summed E-state index contributed by atoms with van der Waals surface area (Å²) in [4.78, 5) is 46.4. The molecule has 4 amide bonds. The summed E-state index contributed by atoms with van der Waals surface area (Å²) >= 11 is 0. The quantitative estimate of drug-likeness (QED) is 0.307. The van der Waals surface area contributed by atoms with E-state index in [9.17, 15) is 14.4 Å². The number of benzene rings is 2. The lowest BCUT2D eigenvalue weighted by Gasteiger charge is -2.24. The van der Waals surface area contributed by atoms with Gasteiger partial charge in [0.15, 0.2) is 0 Å². The molecule has 1 heterocycles. The van der Waals surface area contributed by atoms with Gasteiger partial charge in [0.1, 0.15) is 11.4 Å². The summed E-state index contributed by atoms with van der Waals surface area (Å²) in [7, 11) is 5.44. The number of amides is 4. The number of urea groups is 1. The molecule has 41 heavy (non-hydrogen) atoms. The Hall–Kier alpha value is -4.64. The Kier molecular flexibility index (Phi) is 10.6. The highest BCUT2D eigenvalue weighted by molar-refractivity contribution is 6.06. The van der Waals surface area contributed by atoms with Gasteiger partial charge in [0.05, 0.1) is 36.3 Å². The number of ether oxygens (including phenoxy) is 2. The molecule has 2 aromatic carbocycles. The van der Waals surface area contributed by atoms with E-state index in [4.69, 9.17) is 9.47 Å². The van der Waals surface area contributed by atoms with E-state index in [0.29, 0.717) is 47.2 Å². The van der Waals surface area contributed by atoms with Crippen LogP contribution < -0.4 is 20.7 Å². The molecule has 11 heteroatoms. The number of hydrogen-bond donors (Lipinski definition) is 3. The van der Waals surface area contributed by atoms with E-state index in [1.54, 1.807) is 93.4 Å². The fourth-order valence-corrected chi connectivity index (χ4v) is 3.63. The van der Waals surface area contributed by atoms with Gasteiger partial charge in [0.25, 0.3) is 5.91 Å². The molecule has 0 saturated carbocycles. The summed E-state index contributed by atoms with van der Waals surface area (Å²) in [5, 5.41) is 8.37. The molecule has 11 nitrogen and oxygen atoms in total. The number of nitrogens with one attached hydrogen (secondary N) is 3. The third-order valence-electron chi connectivity index (χ3n) is 5.68. The summed E-state index contributed by atoms with van der Waals surface area (Å²) in [6.07, 6.45) is 0.832. The van der Waals surface area contributed by atoms with Crippen LogP contribution in [0.25, 0.3) is 0 Å². The molecule has 3 aromatic rings. The largest absolute Gasteiger partial charge is 0.497 e. The van der Waals surface area contributed by atoms with Crippen LogP contribution >= 0.6 is 0 Å². The van der Waals surface area contributed by atoms with E-state index >= 15 is 0 Å². The highest BCUT2D eigenvalue weighted by Gasteiger charge is 2.19. The predicted molar refractivity (Wildman–Crippen MR) is 159 cm³/mol. The van der Waals surface area contributed by atoms with Crippen molar-refractivity contribution in [2.24, 2.45) is 0 Å². The van der Waals surface area contributed by atoms with Crippen LogP contribution in [0.1, 0.15) is 36.8 Å². The molecule has 0 saturated heterocycles. The van der Waals surface area contributed by atoms with Crippen LogP contribution in [0.4, 0.5) is 26.7 Å². The summed E-state index contributed by atoms with van der Waals surface area (Å²) < 4.78 is 10.6. The molecule has 0 unspecified atom stereocenters. The number of carbonyl (C=O) groups is 3. The maximum absolute atomic E-state index is 13.1. The Morgan fingerprint density at radius 2 is 1.59 bits per heavy atom. The molecule has 218 valence electrons. The fourth-order valence-electron chi connectivity index (χ4n) is 3.63. The van der Waals surface area contributed by atoms with Gasteiger partial charge in [0.2, 0.25) is 0 Å². The first kappa shape index (κ1) is 30.9. The van der Waals surface area contributed by atoms with Gasteiger partial charge in [-0.25, -0.2) is 9.59 Å². The minimum Gasteiger partial charge on any atom is -0.497 e. The van der Waals surface area contributed by atoms with Gasteiger partial charge in [-0.1, -0.05) is 18.2 Å². The first-order valence-electron chi connectivity index (χ1n) is 13.1. The molecule has 0 aliphatic heterocycles. The number of nitrogens with zero attached hydrogens (tertiary/aromatic N) is 3. The standard InChI is InChI=1S/C30H38N6O5/c1-30(2,3)41-29(39)34-26-13-8-7-12-25(26)33-27(37)21-14-15-23(31-19-21)20-36(17-16-35(4)5)28(38)32-22-10-9-11-24(18-22)40-6/h7-15,18-19H,16-17,20H2,1-6H3,(H,32,38)(H,33,37)(H,34,39). The molecular weight excluding hydrogens is 524 g/mol. The number of hydrogen-bond acceptors (Lipinski definition) is 7. The zero-order valence-electron chi connectivity index (χ0n) is 24.4. The molecule has 0 bridgehead atoms. The van der Waals surface area contributed by atoms with E-state index in [0.717, 1.165) is 0 Å². The zero-order chi connectivity index (χ0) is 30.0. The molecule has 3 N–H and O–H groups in total. The molecule has 0 atom stereocenters. The number of pyridine rings is 1. The maximum atomic E-state index is 13.1. The first-order valence-corrected chi connectivity index (χ1v) is 13.1. The number of methoxy groups -OCH3 is 1. The number of rotatable bonds is 10. The molecule has 0 aliphatic carbocycles. The van der Waals surface area contributed by atoms with Crippen LogP contribution in [-0.4, -0.2) is 72.7 Å². The molecule has 0 fully saturated rings. The van der Waals surface area contributed by atoms with Crippen molar-refractivity contribution in [1.29, 1.82) is 0 Å². The van der Waals surface area contributed by atoms with Crippen LogP contribution in [0.3, 0.4) is 0 Å². The van der Waals surface area contributed by atoms with Crippen molar-refractivity contribution in [3.05, 3.63) is 78.1 Å². The van der Waals surface area contributed by atoms with Gasteiger partial charge in [0, 0.05) is 31.0 Å². The number of aromatic nitrogens is 1. The first-order chi connectivity index (χ1) is 19.4. The molecule has 0 spiro atoms. The van der Waals surface area contributed by atoms with Gasteiger partial charge < -0.3 is 29.9 Å². The van der Waals surface area contributed by atoms with Crippen LogP contribution in [0.5, 0.6) is 5.75 Å². The summed E-state index contributed by atoms with van der Waals surface area (Å²) in [6, 6.07) is 17.0. The lowest BCUT2D eigenvalue weighted by Crippen LogP contribution is -2.39. The summed E-state index contributed by atoms with van der Waals surface area (Å²) in [6.45, 7) is 6.67. The monoisotopic (exact) mass is 562 g/mol. The minimum atomic E-state index is -0.659. The van der Waals surface area contributed by atoms with Gasteiger partial charge in [-0.15, -0.1) is 0 Å². The topological polar surface area (TPSA) is 125 Å². The van der Waals surface area contributed by atoms with Crippen molar-refractivity contribution < 1.29 is 23.9 Å². The highest BCUT2D eigenvalue weighted by atomic mass is 16.6. The number of anilines is 3. The molecule has 3 rings (SSSR count). The number of para-hydroxylation sites is 2. The fraction of sp³-hybridized carbons (Fsp3) is 0.333. The van der Waals surface area contributed by atoms with Crippen LogP contribution in [-0.2, 0) is 11.3 Å². The van der Waals surface area contributed by atoms with E-state index in [2.05, 4.69) is 20.9 Å². The van der Waals surface area contributed by atoms with Gasteiger partial charge in [-0.3, -0.25) is 15.1 Å². The average Bonchev–Trinajstić information content (AvgIpc) is 2.91. The second-order valence-corrected chi connectivity index (χ2v) is 10.6. The number of carbonyl (C=O) groups excluding carboxylic acids is 3. The van der Waals surface area contributed by atoms with Gasteiger partial charge in [-0.2, -0.15) is 0 Å². The smallest absolute Gasteiger partial charge is 0.412 e. The Bertz CT molecular complexity index is 1340. The van der Waals surface area contributed by atoms with Crippen molar-refractivity contribution in [1.82, 2.24) is 14.8 Å². The lowest BCUT2D eigenvalue weighted by atomic mass is 10.2. The van der Waals surface area contributed by atoms with Crippen LogP contribution in [0.15, 0.2) is 66.9 Å². The second-order valence-electron chi connectivity index (χ2n) is 10.6. The van der Waals surface area contributed by atoms with Crippen LogP contribution in [0.2, 0.25) is 0 Å². The third-order valence-corrected chi connectivity index (χ3v) is 5.68. The molecular formula is C30H38N6O5. The molecule has 0 radical (unpaired) electrons. The van der Waals surface area contributed by atoms with E-state index in [1.165, 1.54) is 6.20 Å². The Labute approximate surface area is 240 Å². The Morgan fingerprint density at radius 1 is 0.878 bits per heavy atom. The summed E-state index contributed by atoms with van der Waals surface area (Å²) in [5.74, 6) is 0.240. The Morgan fingerprint density at radius 3 is 2.20 bits per heavy atom. The highest BCUT2D eigenvalue weighted by Crippen LogP contribution is 2.23. The Balaban J connectivity index is 1.68. The van der Waals surface area contributed by atoms with E-state index < -0.39 is 17.6 Å². The normalized spacial score (nSPS) is 11.0. The predicted octanol–water partition coefficient (Wildman–Crippen LogP) is 5.29. The van der Waals surface area contributed by atoms with Gasteiger partial charge in [-0.05, 0) is 71.3 Å². The van der Waals surface area contributed by atoms with Crippen LogP contribution in [0, 0.1) is 0 Å². The van der Waals surface area contributed by atoms with E-state index in [1.807, 2.05) is 19.0 Å². The van der Waals surface area contributed by atoms with Crippen molar-refractivity contribution in [3.63, 3.8) is 0 Å². The van der Waals surface area contributed by atoms with Crippen molar-refractivity contribution in [2.75, 3.05) is 50.2 Å². The third kappa shape index (κ3) is 10.1. The second kappa shape index (κ2) is 14.1. The van der Waals surface area contributed by atoms with Crippen molar-refractivity contribution >= 4 is 35.1 Å². The SMILES string of the molecule is COc1cccc(NC(=O)N(CCN(C)C)Cc2ccc(C(=O)Nc3ccccc3NC(=O)OC(C)(C)C)cn2)c1. The summed E-state index contributed by atoms with van der Waals surface area (Å²) in [5.41, 5.74) is 1.71. The molecule has 1 aromatic heterocycles.